The van der Waals surface area contributed by atoms with Gasteiger partial charge in [0.1, 0.15) is 0 Å². The fourth-order valence-electron chi connectivity index (χ4n) is 1.19. The zero-order chi connectivity index (χ0) is 8.81. The number of rotatable bonds is 2. The Morgan fingerprint density at radius 1 is 1.50 bits per heavy atom. The topological polar surface area (TPSA) is 78.4 Å². The van der Waals surface area contributed by atoms with E-state index in [4.69, 9.17) is 11.5 Å². The molecule has 1 atom stereocenters. The molecule has 0 heterocycles. The summed E-state index contributed by atoms with van der Waals surface area (Å²) in [5, 5.41) is 6.39. The van der Waals surface area contributed by atoms with Gasteiger partial charge in [-0.1, -0.05) is 12.2 Å². The van der Waals surface area contributed by atoms with Gasteiger partial charge in [-0.3, -0.25) is 0 Å². The molecule has 66 valence electrons. The molecule has 0 aromatic rings. The van der Waals surface area contributed by atoms with E-state index < -0.39 is 0 Å². The number of guanidine groups is 1. The summed E-state index contributed by atoms with van der Waals surface area (Å²) >= 11 is 0. The van der Waals surface area contributed by atoms with E-state index in [1.807, 2.05) is 6.21 Å². The molecule has 1 aliphatic carbocycles. The van der Waals surface area contributed by atoms with E-state index in [2.05, 4.69) is 22.4 Å². The third kappa shape index (κ3) is 3.18. The largest absolute Gasteiger partial charge is 0.365 e. The summed E-state index contributed by atoms with van der Waals surface area (Å²) in [4.78, 5) is 0. The number of hydrogen-bond acceptors (Lipinski definition) is 1. The Labute approximate surface area is 72.0 Å². The van der Waals surface area contributed by atoms with Gasteiger partial charge in [0.05, 0.1) is 0 Å². The number of hydrogen-bond donors (Lipinski definition) is 3. The van der Waals surface area contributed by atoms with Crippen molar-refractivity contribution in [3.05, 3.63) is 12.2 Å². The molecule has 0 spiro atoms. The van der Waals surface area contributed by atoms with Crippen LogP contribution in [0.3, 0.4) is 0 Å². The standard InChI is InChI=1S/C8H14N4/c9-8(10)12-11-6-7-4-2-1-3-5-7/h1-2,6-7H,3-5H2,(H4,9,10,12)/p+1/t7-/m0/s1. The Hall–Kier alpha value is -1.32. The smallest absolute Gasteiger partial charge is 0.256 e. The molecular formula is C8H15N4+. The molecule has 12 heavy (non-hydrogen) atoms. The van der Waals surface area contributed by atoms with Gasteiger partial charge in [0.25, 0.3) is 5.96 Å². The summed E-state index contributed by atoms with van der Waals surface area (Å²) in [6, 6.07) is 0. The van der Waals surface area contributed by atoms with E-state index in [-0.39, 0.29) is 5.96 Å². The van der Waals surface area contributed by atoms with E-state index >= 15 is 0 Å². The van der Waals surface area contributed by atoms with E-state index in [1.54, 1.807) is 0 Å². The summed E-state index contributed by atoms with van der Waals surface area (Å²) in [6.45, 7) is 0. The lowest BCUT2D eigenvalue weighted by Gasteiger charge is -2.07. The van der Waals surface area contributed by atoms with Crippen LogP contribution in [0.4, 0.5) is 0 Å². The highest BCUT2D eigenvalue weighted by Crippen LogP contribution is 2.14. The third-order valence-electron chi connectivity index (χ3n) is 1.81. The Morgan fingerprint density at radius 3 is 2.92 bits per heavy atom. The average Bonchev–Trinajstić information content (AvgIpc) is 2.05. The monoisotopic (exact) mass is 167 g/mol. The third-order valence-corrected chi connectivity index (χ3v) is 1.81. The van der Waals surface area contributed by atoms with Crippen LogP contribution in [0.1, 0.15) is 19.3 Å². The van der Waals surface area contributed by atoms with Gasteiger partial charge in [0.2, 0.25) is 0 Å². The van der Waals surface area contributed by atoms with Crippen molar-refractivity contribution in [2.75, 3.05) is 0 Å². The quantitative estimate of drug-likeness (QED) is 0.206. The van der Waals surface area contributed by atoms with Crippen LogP contribution < -0.4 is 16.6 Å². The molecule has 0 saturated heterocycles. The van der Waals surface area contributed by atoms with Gasteiger partial charge in [-0.25, -0.2) is 0 Å². The van der Waals surface area contributed by atoms with Crippen LogP contribution in [0.15, 0.2) is 17.3 Å². The number of nitrogens with zero attached hydrogens (tertiary/aromatic N) is 1. The molecule has 0 amide bonds. The Bertz CT molecular complexity index is 213. The highest BCUT2D eigenvalue weighted by atomic mass is 15.3. The Morgan fingerprint density at radius 2 is 2.33 bits per heavy atom. The maximum Gasteiger partial charge on any atom is 0.256 e. The van der Waals surface area contributed by atoms with Crippen LogP contribution in [0, 0.1) is 5.92 Å². The molecule has 0 aromatic heterocycles. The molecule has 1 aliphatic rings. The van der Waals surface area contributed by atoms with Gasteiger partial charge in [-0.15, -0.1) is 5.10 Å². The van der Waals surface area contributed by atoms with Crippen LogP contribution in [-0.2, 0) is 0 Å². The van der Waals surface area contributed by atoms with E-state index in [0.29, 0.717) is 5.92 Å². The van der Waals surface area contributed by atoms with E-state index in [0.717, 1.165) is 12.8 Å². The molecule has 4 heteroatoms. The van der Waals surface area contributed by atoms with Gasteiger partial charge in [-0.05, 0) is 19.3 Å². The first-order valence-electron chi connectivity index (χ1n) is 4.11. The molecule has 0 aliphatic heterocycles. The lowest BCUT2D eigenvalue weighted by molar-refractivity contribution is -0.459. The van der Waals surface area contributed by atoms with Gasteiger partial charge in [0.15, 0.2) is 6.21 Å². The molecule has 0 aromatic carbocycles. The van der Waals surface area contributed by atoms with Crippen molar-refractivity contribution in [3.63, 3.8) is 0 Å². The first-order chi connectivity index (χ1) is 5.79. The van der Waals surface area contributed by atoms with Crippen LogP contribution in [-0.4, -0.2) is 12.2 Å². The predicted octanol–water partition coefficient (Wildman–Crippen LogP) is -1.32. The normalized spacial score (nSPS) is 22.8. The van der Waals surface area contributed by atoms with Gasteiger partial charge in [-0.2, -0.15) is 0 Å². The SMILES string of the molecule is NC(N)=N[NH+]=C[C@H]1CC=CCC1. The fourth-order valence-corrected chi connectivity index (χ4v) is 1.19. The predicted molar refractivity (Wildman–Crippen MR) is 49.3 cm³/mol. The maximum absolute atomic E-state index is 5.14. The molecule has 1 rings (SSSR count). The molecule has 0 radical (unpaired) electrons. The van der Waals surface area contributed by atoms with E-state index in [9.17, 15) is 0 Å². The van der Waals surface area contributed by atoms with Crippen molar-refractivity contribution in [1.82, 2.24) is 0 Å². The zero-order valence-electron chi connectivity index (χ0n) is 7.03. The van der Waals surface area contributed by atoms with Crippen molar-refractivity contribution in [3.8, 4) is 0 Å². The van der Waals surface area contributed by atoms with Crippen LogP contribution in [0.5, 0.6) is 0 Å². The second kappa shape index (κ2) is 4.54. The summed E-state index contributed by atoms with van der Waals surface area (Å²) in [5.74, 6) is 0.621. The number of nitrogens with one attached hydrogen (secondary N) is 1. The Kier molecular flexibility index (Phi) is 3.32. The number of allylic oxidation sites excluding steroid dienone is 2. The van der Waals surface area contributed by atoms with Gasteiger partial charge < -0.3 is 11.5 Å². The van der Waals surface area contributed by atoms with Crippen LogP contribution in [0.25, 0.3) is 0 Å². The molecule has 0 fully saturated rings. The van der Waals surface area contributed by atoms with Crippen molar-refractivity contribution >= 4 is 12.2 Å². The highest BCUT2D eigenvalue weighted by molar-refractivity contribution is 5.74. The number of hydrazone groups is 1. The van der Waals surface area contributed by atoms with E-state index in [1.165, 1.54) is 6.42 Å². The molecule has 0 unspecified atom stereocenters. The minimum Gasteiger partial charge on any atom is -0.365 e. The minimum atomic E-state index is 0.0672. The molecular weight excluding hydrogens is 152 g/mol. The van der Waals surface area contributed by atoms with Crippen molar-refractivity contribution in [1.29, 1.82) is 0 Å². The fraction of sp³-hybridized carbons (Fsp3) is 0.500. The van der Waals surface area contributed by atoms with Gasteiger partial charge >= 0.3 is 0 Å². The molecule has 0 saturated carbocycles. The zero-order valence-corrected chi connectivity index (χ0v) is 7.03. The second-order valence-corrected chi connectivity index (χ2v) is 2.88. The van der Waals surface area contributed by atoms with Gasteiger partial charge in [0, 0.05) is 11.0 Å². The summed E-state index contributed by atoms with van der Waals surface area (Å²) in [5.41, 5.74) is 10.3. The maximum atomic E-state index is 5.14. The van der Waals surface area contributed by atoms with Crippen LogP contribution in [0.2, 0.25) is 0 Å². The highest BCUT2D eigenvalue weighted by Gasteiger charge is 2.08. The van der Waals surface area contributed by atoms with Crippen LogP contribution >= 0.6 is 0 Å². The average molecular weight is 167 g/mol. The van der Waals surface area contributed by atoms with Crippen molar-refractivity contribution in [2.24, 2.45) is 22.5 Å². The van der Waals surface area contributed by atoms with Crippen molar-refractivity contribution < 1.29 is 5.10 Å². The summed E-state index contributed by atoms with van der Waals surface area (Å²) in [6.07, 6.45) is 9.71. The lowest BCUT2D eigenvalue weighted by atomic mass is 9.96. The number of nitrogens with two attached hydrogens (primary N) is 2. The lowest BCUT2D eigenvalue weighted by Crippen LogP contribution is -2.64. The molecule has 4 nitrogen and oxygen atoms in total. The second-order valence-electron chi connectivity index (χ2n) is 2.88. The Balaban J connectivity index is 2.35. The first kappa shape index (κ1) is 8.77. The van der Waals surface area contributed by atoms with Crippen molar-refractivity contribution in [2.45, 2.75) is 19.3 Å². The molecule has 0 bridgehead atoms. The first-order valence-corrected chi connectivity index (χ1v) is 4.11. The summed E-state index contributed by atoms with van der Waals surface area (Å²) in [7, 11) is 0. The molecule has 5 N–H and O–H groups in total. The minimum absolute atomic E-state index is 0.0672. The summed E-state index contributed by atoms with van der Waals surface area (Å²) < 4.78 is 0.